The minimum absolute atomic E-state index is 0.441. The van der Waals surface area contributed by atoms with E-state index in [0.29, 0.717) is 5.69 Å². The third-order valence-electron chi connectivity index (χ3n) is 1.98. The molecule has 2 aromatic rings. The van der Waals surface area contributed by atoms with Gasteiger partial charge in [0.25, 0.3) is 0 Å². The fourth-order valence-corrected chi connectivity index (χ4v) is 2.01. The lowest BCUT2D eigenvalue weighted by Gasteiger charge is -2.00. The number of nitrogens with zero attached hydrogens (tertiary/aromatic N) is 5. The first-order chi connectivity index (χ1) is 7.79. The predicted molar refractivity (Wildman–Crippen MR) is 59.5 cm³/mol. The number of rotatable bonds is 3. The summed E-state index contributed by atoms with van der Waals surface area (Å²) in [5.74, 6) is 0.754. The highest BCUT2D eigenvalue weighted by Crippen LogP contribution is 2.19. The van der Waals surface area contributed by atoms with Crippen LogP contribution < -0.4 is 0 Å². The largest absolute Gasteiger partial charge is 0.312 e. The molecule has 2 aromatic heterocycles. The standard InChI is InChI=1S/C10H9N5S/c1-15-7-13-14-10(15)16-6-8-2-3-12-9(4-8)5-11/h2-4,7H,6H2,1H3. The van der Waals surface area contributed by atoms with Gasteiger partial charge in [0.15, 0.2) is 5.16 Å². The summed E-state index contributed by atoms with van der Waals surface area (Å²) in [6, 6.07) is 5.69. The van der Waals surface area contributed by atoms with Crippen LogP contribution in [0, 0.1) is 11.3 Å². The Morgan fingerprint density at radius 1 is 1.56 bits per heavy atom. The van der Waals surface area contributed by atoms with Crippen molar-refractivity contribution in [3.05, 3.63) is 35.9 Å². The van der Waals surface area contributed by atoms with Crippen LogP contribution in [0.15, 0.2) is 29.8 Å². The molecule has 0 spiro atoms. The Morgan fingerprint density at radius 3 is 3.12 bits per heavy atom. The van der Waals surface area contributed by atoms with Crippen LogP contribution in [0.4, 0.5) is 0 Å². The van der Waals surface area contributed by atoms with Gasteiger partial charge in [-0.2, -0.15) is 5.26 Å². The highest BCUT2D eigenvalue weighted by Gasteiger charge is 2.02. The molecule has 0 aliphatic rings. The van der Waals surface area contributed by atoms with E-state index in [1.807, 2.05) is 23.8 Å². The maximum atomic E-state index is 8.71. The van der Waals surface area contributed by atoms with E-state index in [2.05, 4.69) is 15.2 Å². The van der Waals surface area contributed by atoms with Crippen LogP contribution in [-0.2, 0) is 12.8 Å². The smallest absolute Gasteiger partial charge is 0.191 e. The van der Waals surface area contributed by atoms with E-state index < -0.39 is 0 Å². The Kier molecular flexibility index (Phi) is 3.17. The molecule has 0 aliphatic carbocycles. The Labute approximate surface area is 97.1 Å². The van der Waals surface area contributed by atoms with E-state index >= 15 is 0 Å². The first-order valence-corrected chi connectivity index (χ1v) is 5.60. The molecule has 6 heteroatoms. The second-order valence-electron chi connectivity index (χ2n) is 3.17. The van der Waals surface area contributed by atoms with Gasteiger partial charge in [0.05, 0.1) is 0 Å². The van der Waals surface area contributed by atoms with Crippen molar-refractivity contribution in [2.75, 3.05) is 0 Å². The number of aryl methyl sites for hydroxylation is 1. The Balaban J connectivity index is 2.05. The number of hydrogen-bond donors (Lipinski definition) is 0. The van der Waals surface area contributed by atoms with Crippen molar-refractivity contribution < 1.29 is 0 Å². The van der Waals surface area contributed by atoms with Gasteiger partial charge in [-0.15, -0.1) is 10.2 Å². The Bertz CT molecular complexity index is 528. The minimum atomic E-state index is 0.441. The number of thioether (sulfide) groups is 1. The van der Waals surface area contributed by atoms with E-state index in [-0.39, 0.29) is 0 Å². The Hall–Kier alpha value is -1.87. The van der Waals surface area contributed by atoms with Crippen LogP contribution in [0.2, 0.25) is 0 Å². The van der Waals surface area contributed by atoms with Crippen LogP contribution in [0.25, 0.3) is 0 Å². The van der Waals surface area contributed by atoms with Crippen molar-refractivity contribution in [2.45, 2.75) is 10.9 Å². The summed E-state index contributed by atoms with van der Waals surface area (Å²) in [5.41, 5.74) is 1.50. The lowest BCUT2D eigenvalue weighted by atomic mass is 10.2. The van der Waals surface area contributed by atoms with Crippen LogP contribution in [0.3, 0.4) is 0 Å². The molecule has 0 saturated carbocycles. The molecule has 5 nitrogen and oxygen atoms in total. The van der Waals surface area contributed by atoms with Crippen molar-refractivity contribution in [3.8, 4) is 6.07 Å². The van der Waals surface area contributed by atoms with Gasteiger partial charge in [0.2, 0.25) is 0 Å². The summed E-state index contributed by atoms with van der Waals surface area (Å²) in [7, 11) is 1.90. The molecule has 0 saturated heterocycles. The number of nitriles is 1. The van der Waals surface area contributed by atoms with Gasteiger partial charge in [0.1, 0.15) is 18.1 Å². The molecule has 0 radical (unpaired) electrons. The fourth-order valence-electron chi connectivity index (χ4n) is 1.18. The second-order valence-corrected chi connectivity index (χ2v) is 4.12. The maximum Gasteiger partial charge on any atom is 0.191 e. The molecule has 0 aliphatic heterocycles. The molecule has 0 atom stereocenters. The fraction of sp³-hybridized carbons (Fsp3) is 0.200. The Morgan fingerprint density at radius 2 is 2.44 bits per heavy atom. The van der Waals surface area contributed by atoms with Crippen molar-refractivity contribution in [1.29, 1.82) is 5.26 Å². The van der Waals surface area contributed by atoms with Crippen molar-refractivity contribution in [1.82, 2.24) is 19.7 Å². The maximum absolute atomic E-state index is 8.71. The van der Waals surface area contributed by atoms with E-state index in [1.165, 1.54) is 0 Å². The molecule has 0 aromatic carbocycles. The average Bonchev–Trinajstić information content (AvgIpc) is 2.72. The quantitative estimate of drug-likeness (QED) is 0.746. The van der Waals surface area contributed by atoms with Gasteiger partial charge in [-0.05, 0) is 17.7 Å². The van der Waals surface area contributed by atoms with Gasteiger partial charge < -0.3 is 4.57 Å². The van der Waals surface area contributed by atoms with Gasteiger partial charge >= 0.3 is 0 Å². The van der Waals surface area contributed by atoms with E-state index in [0.717, 1.165) is 16.5 Å². The SMILES string of the molecule is Cn1cnnc1SCc1ccnc(C#N)c1. The lowest BCUT2D eigenvalue weighted by Crippen LogP contribution is -1.91. The third kappa shape index (κ3) is 2.38. The van der Waals surface area contributed by atoms with Gasteiger partial charge in [0, 0.05) is 19.0 Å². The average molecular weight is 231 g/mol. The summed E-state index contributed by atoms with van der Waals surface area (Å²) in [6.07, 6.45) is 3.31. The van der Waals surface area contributed by atoms with Gasteiger partial charge in [-0.25, -0.2) is 4.98 Å². The minimum Gasteiger partial charge on any atom is -0.312 e. The summed E-state index contributed by atoms with van der Waals surface area (Å²) in [5, 5.41) is 17.3. The van der Waals surface area contributed by atoms with Crippen LogP contribution >= 0.6 is 11.8 Å². The highest BCUT2D eigenvalue weighted by atomic mass is 32.2. The number of hydrogen-bond acceptors (Lipinski definition) is 5. The molecular weight excluding hydrogens is 222 g/mol. The molecule has 0 amide bonds. The molecule has 2 rings (SSSR count). The zero-order valence-corrected chi connectivity index (χ0v) is 9.48. The second kappa shape index (κ2) is 4.77. The lowest BCUT2D eigenvalue weighted by molar-refractivity contribution is 0.788. The van der Waals surface area contributed by atoms with E-state index in [4.69, 9.17) is 5.26 Å². The first-order valence-electron chi connectivity index (χ1n) is 4.61. The molecule has 80 valence electrons. The van der Waals surface area contributed by atoms with E-state index in [9.17, 15) is 0 Å². The molecule has 16 heavy (non-hydrogen) atoms. The molecular formula is C10H9N5S. The number of aromatic nitrogens is 4. The van der Waals surface area contributed by atoms with Gasteiger partial charge in [-0.3, -0.25) is 0 Å². The van der Waals surface area contributed by atoms with Crippen molar-refractivity contribution in [3.63, 3.8) is 0 Å². The summed E-state index contributed by atoms with van der Waals surface area (Å²) in [4.78, 5) is 3.92. The highest BCUT2D eigenvalue weighted by molar-refractivity contribution is 7.98. The predicted octanol–water partition coefficient (Wildman–Crippen LogP) is 1.37. The normalized spacial score (nSPS) is 10.0. The zero-order chi connectivity index (χ0) is 11.4. The summed E-state index contributed by atoms with van der Waals surface area (Å²) < 4.78 is 1.86. The third-order valence-corrected chi connectivity index (χ3v) is 3.08. The summed E-state index contributed by atoms with van der Waals surface area (Å²) >= 11 is 1.58. The molecule has 0 unspecified atom stereocenters. The topological polar surface area (TPSA) is 67.4 Å². The monoisotopic (exact) mass is 231 g/mol. The van der Waals surface area contributed by atoms with Crippen molar-refractivity contribution >= 4 is 11.8 Å². The van der Waals surface area contributed by atoms with E-state index in [1.54, 1.807) is 30.4 Å². The first kappa shape index (κ1) is 10.6. The van der Waals surface area contributed by atoms with Crippen LogP contribution in [0.5, 0.6) is 0 Å². The van der Waals surface area contributed by atoms with Crippen LogP contribution in [-0.4, -0.2) is 19.7 Å². The molecule has 0 fully saturated rings. The number of pyridine rings is 1. The van der Waals surface area contributed by atoms with Gasteiger partial charge in [-0.1, -0.05) is 11.8 Å². The zero-order valence-electron chi connectivity index (χ0n) is 8.66. The van der Waals surface area contributed by atoms with Crippen molar-refractivity contribution in [2.24, 2.45) is 7.05 Å². The molecule has 0 bridgehead atoms. The molecule has 0 N–H and O–H groups in total. The molecule has 2 heterocycles. The summed E-state index contributed by atoms with van der Waals surface area (Å²) in [6.45, 7) is 0. The van der Waals surface area contributed by atoms with Crippen LogP contribution in [0.1, 0.15) is 11.3 Å².